The van der Waals surface area contributed by atoms with Crippen molar-refractivity contribution in [2.75, 3.05) is 20.3 Å². The van der Waals surface area contributed by atoms with Crippen LogP contribution < -0.4 is 14.8 Å². The molecule has 0 aliphatic carbocycles. The standard InChI is InChI=1S/C14H22BrNO3/c1-4-18-13-8-11(9-16-3)7-12(15)14(13)19-6-5-10(2)17/h7-8,10,16-17H,4-6,9H2,1-3H3. The summed E-state index contributed by atoms with van der Waals surface area (Å²) < 4.78 is 12.2. The molecule has 108 valence electrons. The van der Waals surface area contributed by atoms with Crippen LogP contribution in [0.2, 0.25) is 0 Å². The number of rotatable bonds is 8. The van der Waals surface area contributed by atoms with Gasteiger partial charge in [-0.1, -0.05) is 0 Å². The average Bonchev–Trinajstić information content (AvgIpc) is 2.33. The summed E-state index contributed by atoms with van der Waals surface area (Å²) >= 11 is 3.51. The van der Waals surface area contributed by atoms with E-state index in [0.717, 1.165) is 22.3 Å². The van der Waals surface area contributed by atoms with Crippen molar-refractivity contribution in [3.05, 3.63) is 22.2 Å². The second kappa shape index (κ2) is 8.40. The molecule has 0 saturated carbocycles. The summed E-state index contributed by atoms with van der Waals surface area (Å²) in [5.41, 5.74) is 1.13. The molecule has 0 radical (unpaired) electrons. The van der Waals surface area contributed by atoms with Crippen LogP contribution >= 0.6 is 15.9 Å². The molecule has 0 amide bonds. The molecule has 1 rings (SSSR count). The number of benzene rings is 1. The molecular weight excluding hydrogens is 310 g/mol. The number of aliphatic hydroxyl groups is 1. The highest BCUT2D eigenvalue weighted by molar-refractivity contribution is 9.10. The predicted molar refractivity (Wildman–Crippen MR) is 79.9 cm³/mol. The molecule has 0 bridgehead atoms. The fourth-order valence-corrected chi connectivity index (χ4v) is 2.27. The molecule has 0 aliphatic heterocycles. The first-order chi connectivity index (χ1) is 9.08. The first-order valence-corrected chi connectivity index (χ1v) is 7.28. The Bertz CT molecular complexity index is 397. The Labute approximate surface area is 123 Å². The molecule has 2 N–H and O–H groups in total. The van der Waals surface area contributed by atoms with Crippen LogP contribution in [0.15, 0.2) is 16.6 Å². The van der Waals surface area contributed by atoms with Crippen LogP contribution in [0, 0.1) is 0 Å². The van der Waals surface area contributed by atoms with E-state index in [1.54, 1.807) is 6.92 Å². The summed E-state index contributed by atoms with van der Waals surface area (Å²) in [5.74, 6) is 1.43. The summed E-state index contributed by atoms with van der Waals surface area (Å²) in [4.78, 5) is 0. The Morgan fingerprint density at radius 2 is 2.11 bits per heavy atom. The van der Waals surface area contributed by atoms with Crippen LogP contribution in [0.5, 0.6) is 11.5 Å². The van der Waals surface area contributed by atoms with E-state index < -0.39 is 0 Å². The molecule has 1 unspecified atom stereocenters. The zero-order valence-electron chi connectivity index (χ0n) is 11.7. The van der Waals surface area contributed by atoms with Crippen molar-refractivity contribution >= 4 is 15.9 Å². The number of halogens is 1. The smallest absolute Gasteiger partial charge is 0.175 e. The summed E-state index contributed by atoms with van der Waals surface area (Å²) in [6, 6.07) is 3.99. The van der Waals surface area contributed by atoms with E-state index in [0.29, 0.717) is 25.4 Å². The topological polar surface area (TPSA) is 50.7 Å². The van der Waals surface area contributed by atoms with Gasteiger partial charge in [-0.15, -0.1) is 0 Å². The Morgan fingerprint density at radius 1 is 1.37 bits per heavy atom. The lowest BCUT2D eigenvalue weighted by molar-refractivity contribution is 0.153. The summed E-state index contributed by atoms with van der Waals surface area (Å²) in [7, 11) is 1.90. The van der Waals surface area contributed by atoms with Gasteiger partial charge in [0, 0.05) is 13.0 Å². The van der Waals surface area contributed by atoms with Crippen molar-refractivity contribution in [1.29, 1.82) is 0 Å². The van der Waals surface area contributed by atoms with Gasteiger partial charge in [-0.05, 0) is 54.5 Å². The maximum Gasteiger partial charge on any atom is 0.175 e. The number of aliphatic hydroxyl groups excluding tert-OH is 1. The Hall–Kier alpha value is -0.780. The van der Waals surface area contributed by atoms with E-state index in [1.165, 1.54) is 0 Å². The Balaban J connectivity index is 2.87. The lowest BCUT2D eigenvalue weighted by Crippen LogP contribution is -2.10. The summed E-state index contributed by atoms with van der Waals surface area (Å²) in [5, 5.41) is 12.4. The van der Waals surface area contributed by atoms with E-state index in [-0.39, 0.29) is 6.10 Å². The van der Waals surface area contributed by atoms with Crippen molar-refractivity contribution in [1.82, 2.24) is 5.32 Å². The second-order valence-corrected chi connectivity index (χ2v) is 5.21. The third-order valence-corrected chi connectivity index (χ3v) is 3.12. The van der Waals surface area contributed by atoms with Gasteiger partial charge in [0.15, 0.2) is 11.5 Å². The minimum atomic E-state index is -0.363. The van der Waals surface area contributed by atoms with Crippen LogP contribution in [0.1, 0.15) is 25.8 Å². The van der Waals surface area contributed by atoms with Crippen LogP contribution in [-0.4, -0.2) is 31.5 Å². The Morgan fingerprint density at radius 3 is 2.68 bits per heavy atom. The van der Waals surface area contributed by atoms with Crippen LogP contribution in [0.25, 0.3) is 0 Å². The fourth-order valence-electron chi connectivity index (χ4n) is 1.66. The van der Waals surface area contributed by atoms with E-state index in [1.807, 2.05) is 26.1 Å². The highest BCUT2D eigenvalue weighted by atomic mass is 79.9. The molecule has 1 aromatic rings. The molecular formula is C14H22BrNO3. The van der Waals surface area contributed by atoms with Gasteiger partial charge in [-0.2, -0.15) is 0 Å². The maximum absolute atomic E-state index is 9.26. The normalized spacial score (nSPS) is 12.3. The first-order valence-electron chi connectivity index (χ1n) is 6.49. The van der Waals surface area contributed by atoms with E-state index in [2.05, 4.69) is 21.2 Å². The molecule has 1 aromatic carbocycles. The SMILES string of the molecule is CCOc1cc(CNC)cc(Br)c1OCCC(C)O. The van der Waals surface area contributed by atoms with Crippen LogP contribution in [0.4, 0.5) is 0 Å². The molecule has 0 fully saturated rings. The van der Waals surface area contributed by atoms with Gasteiger partial charge >= 0.3 is 0 Å². The van der Waals surface area contributed by atoms with Crippen molar-refractivity contribution in [2.24, 2.45) is 0 Å². The van der Waals surface area contributed by atoms with Crippen molar-refractivity contribution in [2.45, 2.75) is 32.9 Å². The predicted octanol–water partition coefficient (Wildman–Crippen LogP) is 2.72. The molecule has 0 aliphatic rings. The van der Waals surface area contributed by atoms with Crippen molar-refractivity contribution < 1.29 is 14.6 Å². The lowest BCUT2D eigenvalue weighted by Gasteiger charge is -2.16. The first kappa shape index (κ1) is 16.3. The van der Waals surface area contributed by atoms with Gasteiger partial charge in [0.2, 0.25) is 0 Å². The molecule has 19 heavy (non-hydrogen) atoms. The maximum atomic E-state index is 9.26. The highest BCUT2D eigenvalue weighted by Gasteiger charge is 2.12. The number of hydrogen-bond donors (Lipinski definition) is 2. The zero-order chi connectivity index (χ0) is 14.3. The molecule has 4 nitrogen and oxygen atoms in total. The summed E-state index contributed by atoms with van der Waals surface area (Å²) in [6.45, 7) is 5.51. The number of hydrogen-bond acceptors (Lipinski definition) is 4. The van der Waals surface area contributed by atoms with Crippen molar-refractivity contribution in [3.63, 3.8) is 0 Å². The van der Waals surface area contributed by atoms with Gasteiger partial charge in [0.25, 0.3) is 0 Å². The van der Waals surface area contributed by atoms with Crippen molar-refractivity contribution in [3.8, 4) is 11.5 Å². The third kappa shape index (κ3) is 5.38. The second-order valence-electron chi connectivity index (χ2n) is 4.35. The minimum absolute atomic E-state index is 0.363. The number of nitrogens with one attached hydrogen (secondary N) is 1. The minimum Gasteiger partial charge on any atom is -0.490 e. The molecule has 0 saturated heterocycles. The quantitative estimate of drug-likeness (QED) is 0.769. The van der Waals surface area contributed by atoms with Gasteiger partial charge in [0.1, 0.15) is 0 Å². The number of ether oxygens (including phenoxy) is 2. The van der Waals surface area contributed by atoms with E-state index in [9.17, 15) is 5.11 Å². The lowest BCUT2D eigenvalue weighted by atomic mass is 10.2. The molecule has 0 spiro atoms. The van der Waals surface area contributed by atoms with E-state index in [4.69, 9.17) is 9.47 Å². The largest absolute Gasteiger partial charge is 0.490 e. The molecule has 5 heteroatoms. The van der Waals surface area contributed by atoms with Gasteiger partial charge in [-0.3, -0.25) is 0 Å². The highest BCUT2D eigenvalue weighted by Crippen LogP contribution is 2.37. The van der Waals surface area contributed by atoms with Gasteiger partial charge in [0.05, 0.1) is 23.8 Å². The van der Waals surface area contributed by atoms with Crippen LogP contribution in [-0.2, 0) is 6.54 Å². The van der Waals surface area contributed by atoms with Crippen LogP contribution in [0.3, 0.4) is 0 Å². The third-order valence-electron chi connectivity index (χ3n) is 2.53. The fraction of sp³-hybridized carbons (Fsp3) is 0.571. The van der Waals surface area contributed by atoms with E-state index >= 15 is 0 Å². The summed E-state index contributed by atoms with van der Waals surface area (Å²) in [6.07, 6.45) is 0.230. The molecule has 0 aromatic heterocycles. The molecule has 1 atom stereocenters. The monoisotopic (exact) mass is 331 g/mol. The average molecular weight is 332 g/mol. The Kier molecular flexibility index (Phi) is 7.20. The van der Waals surface area contributed by atoms with Gasteiger partial charge < -0.3 is 19.9 Å². The zero-order valence-corrected chi connectivity index (χ0v) is 13.3. The van der Waals surface area contributed by atoms with Gasteiger partial charge in [-0.25, -0.2) is 0 Å². The molecule has 0 heterocycles.